The molecule has 194 valence electrons. The number of amides is 2. The van der Waals surface area contributed by atoms with E-state index in [9.17, 15) is 14.0 Å². The van der Waals surface area contributed by atoms with Gasteiger partial charge in [0, 0.05) is 56.6 Å². The number of anilines is 1. The van der Waals surface area contributed by atoms with Crippen LogP contribution in [0.5, 0.6) is 5.75 Å². The molecule has 0 radical (unpaired) electrons. The van der Waals surface area contributed by atoms with Crippen molar-refractivity contribution in [3.05, 3.63) is 95.3 Å². The topological polar surface area (TPSA) is 62.3 Å². The van der Waals surface area contributed by atoms with Crippen molar-refractivity contribution >= 4 is 17.5 Å². The number of benzene rings is 3. The first kappa shape index (κ1) is 26.3. The van der Waals surface area contributed by atoms with Crippen molar-refractivity contribution in [2.45, 2.75) is 6.54 Å². The van der Waals surface area contributed by atoms with E-state index in [-0.39, 0.29) is 18.4 Å². The van der Waals surface area contributed by atoms with Crippen molar-refractivity contribution < 1.29 is 23.5 Å². The molecule has 1 saturated heterocycles. The largest absolute Gasteiger partial charge is 0.492 e. The van der Waals surface area contributed by atoms with Crippen LogP contribution in [0.4, 0.5) is 10.1 Å². The van der Waals surface area contributed by atoms with Gasteiger partial charge in [-0.05, 0) is 54.1 Å². The van der Waals surface area contributed by atoms with Gasteiger partial charge in [0.15, 0.2) is 0 Å². The van der Waals surface area contributed by atoms with Crippen molar-refractivity contribution in [1.29, 1.82) is 0 Å². The summed E-state index contributed by atoms with van der Waals surface area (Å²) in [5.41, 5.74) is 2.33. The highest BCUT2D eigenvalue weighted by Gasteiger charge is 2.20. The number of halogens is 1. The third kappa shape index (κ3) is 7.15. The lowest BCUT2D eigenvalue weighted by molar-refractivity contribution is 0.0322. The smallest absolute Gasteiger partial charge is 0.258 e. The molecule has 0 aromatic heterocycles. The van der Waals surface area contributed by atoms with E-state index >= 15 is 0 Å². The Bertz CT molecular complexity index is 1210. The fourth-order valence-corrected chi connectivity index (χ4v) is 4.13. The highest BCUT2D eigenvalue weighted by atomic mass is 19.1. The van der Waals surface area contributed by atoms with Crippen molar-refractivity contribution in [1.82, 2.24) is 9.80 Å². The van der Waals surface area contributed by atoms with Gasteiger partial charge in [0.2, 0.25) is 0 Å². The molecule has 7 nitrogen and oxygen atoms in total. The molecule has 0 bridgehead atoms. The number of morpholine rings is 1. The maximum atomic E-state index is 13.6. The molecule has 0 unspecified atom stereocenters. The molecule has 3 aromatic carbocycles. The third-order valence-corrected chi connectivity index (χ3v) is 6.17. The molecule has 37 heavy (non-hydrogen) atoms. The molecule has 2 amide bonds. The molecule has 0 N–H and O–H groups in total. The van der Waals surface area contributed by atoms with Crippen molar-refractivity contribution in [3.8, 4) is 5.75 Å². The Hall–Kier alpha value is -3.75. The summed E-state index contributed by atoms with van der Waals surface area (Å²) in [6, 6.07) is 20.1. The van der Waals surface area contributed by atoms with E-state index in [1.165, 1.54) is 29.2 Å². The quantitative estimate of drug-likeness (QED) is 0.439. The lowest BCUT2D eigenvalue weighted by atomic mass is 10.1. The van der Waals surface area contributed by atoms with Crippen LogP contribution >= 0.6 is 0 Å². The monoisotopic (exact) mass is 505 g/mol. The summed E-state index contributed by atoms with van der Waals surface area (Å²) in [4.78, 5) is 31.5. The first-order valence-corrected chi connectivity index (χ1v) is 12.3. The molecule has 1 fully saturated rings. The van der Waals surface area contributed by atoms with Gasteiger partial charge in [0.25, 0.3) is 11.8 Å². The van der Waals surface area contributed by atoms with Gasteiger partial charge in [0.1, 0.15) is 18.2 Å². The zero-order valence-electron chi connectivity index (χ0n) is 21.2. The van der Waals surface area contributed by atoms with Crippen LogP contribution in [0.2, 0.25) is 0 Å². The Morgan fingerprint density at radius 3 is 2.38 bits per heavy atom. The van der Waals surface area contributed by atoms with Crippen molar-refractivity contribution in [2.24, 2.45) is 0 Å². The van der Waals surface area contributed by atoms with Gasteiger partial charge in [-0.15, -0.1) is 0 Å². The summed E-state index contributed by atoms with van der Waals surface area (Å²) in [5, 5.41) is 0. The Labute approximate surface area is 217 Å². The molecule has 1 aliphatic rings. The number of carbonyl (C=O) groups is 2. The van der Waals surface area contributed by atoms with Crippen LogP contribution in [-0.2, 0) is 11.3 Å². The molecular weight excluding hydrogens is 473 g/mol. The first-order valence-electron chi connectivity index (χ1n) is 12.3. The summed E-state index contributed by atoms with van der Waals surface area (Å²) in [5.74, 6) is -0.156. The first-order chi connectivity index (χ1) is 17.9. The average Bonchev–Trinajstić information content (AvgIpc) is 2.92. The predicted octanol–water partition coefficient (Wildman–Crippen LogP) is 4.09. The minimum atomic E-state index is -0.409. The molecule has 0 saturated carbocycles. The number of ether oxygens (including phenoxy) is 2. The molecule has 1 aliphatic heterocycles. The fourth-order valence-electron chi connectivity index (χ4n) is 4.13. The molecule has 0 spiro atoms. The Morgan fingerprint density at radius 1 is 0.919 bits per heavy atom. The zero-order valence-corrected chi connectivity index (χ0v) is 21.2. The number of hydrogen-bond acceptors (Lipinski definition) is 5. The Morgan fingerprint density at radius 2 is 1.65 bits per heavy atom. The standard InChI is InChI=1S/C29H32FN3O4/c1-31(2)28(34)24-6-3-5-22(19-24)21-33(29(35)23-9-11-25(30)12-10-23)26-7-4-8-27(20-26)37-18-15-32-13-16-36-17-14-32/h3-12,19-20H,13-18,21H2,1-2H3. The van der Waals surface area contributed by atoms with Crippen LogP contribution in [-0.4, -0.2) is 75.2 Å². The summed E-state index contributed by atoms with van der Waals surface area (Å²) in [6.07, 6.45) is 0. The van der Waals surface area contributed by atoms with Crippen molar-refractivity contribution in [3.63, 3.8) is 0 Å². The Balaban J connectivity index is 1.57. The SMILES string of the molecule is CN(C)C(=O)c1cccc(CN(C(=O)c2ccc(F)cc2)c2cccc(OCCN3CCOCC3)c2)c1. The van der Waals surface area contributed by atoms with Gasteiger partial charge in [-0.3, -0.25) is 14.5 Å². The second-order valence-electron chi connectivity index (χ2n) is 9.10. The summed E-state index contributed by atoms with van der Waals surface area (Å²) < 4.78 is 24.9. The Kier molecular flexibility index (Phi) is 8.87. The van der Waals surface area contributed by atoms with Gasteiger partial charge < -0.3 is 19.3 Å². The van der Waals surface area contributed by atoms with Crippen molar-refractivity contribution in [2.75, 3.05) is 58.5 Å². The maximum Gasteiger partial charge on any atom is 0.258 e. The summed E-state index contributed by atoms with van der Waals surface area (Å²) >= 11 is 0. The third-order valence-electron chi connectivity index (χ3n) is 6.17. The molecule has 3 aromatic rings. The van der Waals surface area contributed by atoms with Crippen LogP contribution in [0, 0.1) is 5.82 Å². The maximum absolute atomic E-state index is 13.6. The predicted molar refractivity (Wildman–Crippen MR) is 141 cm³/mol. The highest BCUT2D eigenvalue weighted by Crippen LogP contribution is 2.25. The number of rotatable bonds is 9. The van der Waals surface area contributed by atoms with Gasteiger partial charge in [-0.2, -0.15) is 0 Å². The van der Waals surface area contributed by atoms with E-state index in [2.05, 4.69) is 4.90 Å². The number of carbonyl (C=O) groups excluding carboxylic acids is 2. The van der Waals surface area contributed by atoms with Crippen LogP contribution in [0.1, 0.15) is 26.3 Å². The van der Waals surface area contributed by atoms with E-state index in [1.807, 2.05) is 30.3 Å². The van der Waals surface area contributed by atoms with Gasteiger partial charge in [-0.1, -0.05) is 18.2 Å². The van der Waals surface area contributed by atoms with E-state index in [1.54, 1.807) is 37.2 Å². The van der Waals surface area contributed by atoms with Crippen LogP contribution in [0.3, 0.4) is 0 Å². The molecule has 8 heteroatoms. The zero-order chi connectivity index (χ0) is 26.2. The van der Waals surface area contributed by atoms with Crippen LogP contribution < -0.4 is 9.64 Å². The minimum Gasteiger partial charge on any atom is -0.492 e. The minimum absolute atomic E-state index is 0.117. The number of hydrogen-bond donors (Lipinski definition) is 0. The lowest BCUT2D eigenvalue weighted by Gasteiger charge is -2.26. The average molecular weight is 506 g/mol. The molecular formula is C29H32FN3O4. The lowest BCUT2D eigenvalue weighted by Crippen LogP contribution is -2.38. The molecule has 0 aliphatic carbocycles. The van der Waals surface area contributed by atoms with Crippen LogP contribution in [0.25, 0.3) is 0 Å². The second-order valence-corrected chi connectivity index (χ2v) is 9.10. The van der Waals surface area contributed by atoms with Crippen LogP contribution in [0.15, 0.2) is 72.8 Å². The van der Waals surface area contributed by atoms with Gasteiger partial charge in [-0.25, -0.2) is 4.39 Å². The molecule has 0 atom stereocenters. The summed E-state index contributed by atoms with van der Waals surface area (Å²) in [7, 11) is 3.40. The van der Waals surface area contributed by atoms with Gasteiger partial charge in [0.05, 0.1) is 19.8 Å². The number of nitrogens with zero attached hydrogens (tertiary/aromatic N) is 3. The van der Waals surface area contributed by atoms with E-state index < -0.39 is 5.82 Å². The fraction of sp³-hybridized carbons (Fsp3) is 0.310. The van der Waals surface area contributed by atoms with E-state index in [4.69, 9.17) is 9.47 Å². The second kappa shape index (κ2) is 12.5. The molecule has 1 heterocycles. The van der Waals surface area contributed by atoms with E-state index in [0.717, 1.165) is 38.4 Å². The van der Waals surface area contributed by atoms with Gasteiger partial charge >= 0.3 is 0 Å². The van der Waals surface area contributed by atoms with E-state index in [0.29, 0.717) is 29.2 Å². The normalized spacial score (nSPS) is 13.7. The summed E-state index contributed by atoms with van der Waals surface area (Å²) in [6.45, 7) is 4.77. The highest BCUT2D eigenvalue weighted by molar-refractivity contribution is 6.06. The molecule has 4 rings (SSSR count).